The Morgan fingerprint density at radius 3 is 2.62 bits per heavy atom. The molecule has 0 aromatic heterocycles. The standard InChI is InChI=1S/C14H19N3O4/c15-14(19)11-1-2-12(13(7-11)17(20)21)8-16-5-3-10(9-18)4-6-16/h1-2,7,10,18H,3-6,8-9H2,(H2,15,19). The third-order valence-electron chi connectivity index (χ3n) is 3.93. The first-order valence-electron chi connectivity index (χ1n) is 6.91. The van der Waals surface area contributed by atoms with Crippen molar-refractivity contribution in [3.8, 4) is 0 Å². The molecule has 1 fully saturated rings. The molecule has 1 heterocycles. The van der Waals surface area contributed by atoms with Crippen LogP contribution in [-0.2, 0) is 6.54 Å². The average Bonchev–Trinajstić information content (AvgIpc) is 2.48. The number of hydrogen-bond acceptors (Lipinski definition) is 5. The van der Waals surface area contributed by atoms with E-state index >= 15 is 0 Å². The number of piperidine rings is 1. The van der Waals surface area contributed by atoms with Gasteiger partial charge in [-0.1, -0.05) is 6.07 Å². The number of nitro groups is 1. The zero-order valence-corrected chi connectivity index (χ0v) is 11.7. The zero-order chi connectivity index (χ0) is 15.4. The molecule has 7 heteroatoms. The lowest BCUT2D eigenvalue weighted by molar-refractivity contribution is -0.385. The summed E-state index contributed by atoms with van der Waals surface area (Å²) in [6.07, 6.45) is 1.79. The molecule has 1 aliphatic heterocycles. The molecule has 0 radical (unpaired) electrons. The summed E-state index contributed by atoms with van der Waals surface area (Å²) in [5.74, 6) is -0.345. The minimum atomic E-state index is -0.673. The molecule has 0 unspecified atom stereocenters. The Bertz CT molecular complexity index is 539. The fourth-order valence-electron chi connectivity index (χ4n) is 2.59. The Kier molecular flexibility index (Phi) is 4.87. The number of hydrogen-bond donors (Lipinski definition) is 2. The Morgan fingerprint density at radius 1 is 1.43 bits per heavy atom. The molecule has 1 aromatic rings. The number of aliphatic hydroxyl groups is 1. The van der Waals surface area contributed by atoms with E-state index in [1.807, 2.05) is 0 Å². The molecule has 0 bridgehead atoms. The van der Waals surface area contributed by atoms with E-state index in [2.05, 4.69) is 4.90 Å². The fraction of sp³-hybridized carbons (Fsp3) is 0.500. The van der Waals surface area contributed by atoms with Gasteiger partial charge in [-0.05, 0) is 37.9 Å². The van der Waals surface area contributed by atoms with Crippen LogP contribution in [0.2, 0.25) is 0 Å². The fourth-order valence-corrected chi connectivity index (χ4v) is 2.59. The van der Waals surface area contributed by atoms with Gasteiger partial charge in [-0.15, -0.1) is 0 Å². The smallest absolute Gasteiger partial charge is 0.274 e. The van der Waals surface area contributed by atoms with E-state index in [0.717, 1.165) is 25.9 Å². The van der Waals surface area contributed by atoms with Crippen molar-refractivity contribution in [2.75, 3.05) is 19.7 Å². The van der Waals surface area contributed by atoms with E-state index in [0.29, 0.717) is 18.0 Å². The molecule has 1 amide bonds. The van der Waals surface area contributed by atoms with Crippen LogP contribution in [0, 0.1) is 16.0 Å². The van der Waals surface area contributed by atoms with Crippen molar-refractivity contribution < 1.29 is 14.8 Å². The predicted molar refractivity (Wildman–Crippen MR) is 76.7 cm³/mol. The Labute approximate surface area is 122 Å². The van der Waals surface area contributed by atoms with Crippen molar-refractivity contribution in [1.29, 1.82) is 0 Å². The van der Waals surface area contributed by atoms with E-state index in [9.17, 15) is 14.9 Å². The number of amides is 1. The van der Waals surface area contributed by atoms with Crippen LogP contribution in [0.4, 0.5) is 5.69 Å². The molecule has 114 valence electrons. The van der Waals surface area contributed by atoms with Crippen molar-refractivity contribution in [1.82, 2.24) is 4.90 Å². The molecule has 1 aliphatic rings. The minimum Gasteiger partial charge on any atom is -0.396 e. The number of benzene rings is 1. The number of nitrogens with two attached hydrogens (primary N) is 1. The van der Waals surface area contributed by atoms with Crippen molar-refractivity contribution >= 4 is 11.6 Å². The van der Waals surface area contributed by atoms with Crippen LogP contribution < -0.4 is 5.73 Å². The number of nitro benzene ring substituents is 1. The maximum atomic E-state index is 11.1. The molecular weight excluding hydrogens is 274 g/mol. The van der Waals surface area contributed by atoms with Gasteiger partial charge in [-0.3, -0.25) is 19.8 Å². The highest BCUT2D eigenvalue weighted by Crippen LogP contribution is 2.24. The van der Waals surface area contributed by atoms with Gasteiger partial charge in [-0.2, -0.15) is 0 Å². The van der Waals surface area contributed by atoms with E-state index < -0.39 is 10.8 Å². The summed E-state index contributed by atoms with van der Waals surface area (Å²) < 4.78 is 0. The summed E-state index contributed by atoms with van der Waals surface area (Å²) in [5.41, 5.74) is 5.80. The normalized spacial score (nSPS) is 16.8. The van der Waals surface area contributed by atoms with Crippen LogP contribution in [-0.4, -0.2) is 40.5 Å². The summed E-state index contributed by atoms with van der Waals surface area (Å²) in [6, 6.07) is 4.35. The lowest BCUT2D eigenvalue weighted by atomic mass is 9.97. The highest BCUT2D eigenvalue weighted by molar-refractivity contribution is 5.93. The van der Waals surface area contributed by atoms with Crippen molar-refractivity contribution in [3.05, 3.63) is 39.4 Å². The molecule has 0 aliphatic carbocycles. The van der Waals surface area contributed by atoms with Gasteiger partial charge in [-0.25, -0.2) is 0 Å². The Hall–Kier alpha value is -1.99. The van der Waals surface area contributed by atoms with Gasteiger partial charge in [0.2, 0.25) is 5.91 Å². The van der Waals surface area contributed by atoms with Crippen molar-refractivity contribution in [2.45, 2.75) is 19.4 Å². The van der Waals surface area contributed by atoms with Gasteiger partial charge in [0.25, 0.3) is 5.69 Å². The quantitative estimate of drug-likeness (QED) is 0.619. The molecule has 0 spiro atoms. The minimum absolute atomic E-state index is 0.0735. The molecule has 0 saturated carbocycles. The molecule has 21 heavy (non-hydrogen) atoms. The van der Waals surface area contributed by atoms with Crippen molar-refractivity contribution in [3.63, 3.8) is 0 Å². The van der Waals surface area contributed by atoms with Gasteiger partial charge in [0.05, 0.1) is 4.92 Å². The number of rotatable bonds is 5. The number of nitrogens with zero attached hydrogens (tertiary/aromatic N) is 2. The van der Waals surface area contributed by atoms with Gasteiger partial charge < -0.3 is 10.8 Å². The second kappa shape index (κ2) is 6.64. The molecule has 2 rings (SSSR count). The third kappa shape index (κ3) is 3.77. The Morgan fingerprint density at radius 2 is 2.10 bits per heavy atom. The molecule has 1 saturated heterocycles. The Balaban J connectivity index is 2.13. The topological polar surface area (TPSA) is 110 Å². The molecule has 0 atom stereocenters. The van der Waals surface area contributed by atoms with Gasteiger partial charge in [0.1, 0.15) is 0 Å². The number of aliphatic hydroxyl groups excluding tert-OH is 1. The highest BCUT2D eigenvalue weighted by Gasteiger charge is 2.22. The predicted octanol–water partition coefficient (Wildman–Crippen LogP) is 0.898. The molecule has 1 aromatic carbocycles. The van der Waals surface area contributed by atoms with E-state index in [-0.39, 0.29) is 17.9 Å². The first-order valence-corrected chi connectivity index (χ1v) is 6.91. The number of likely N-dealkylation sites (tertiary alicyclic amines) is 1. The van der Waals surface area contributed by atoms with Gasteiger partial charge in [0, 0.05) is 30.3 Å². The van der Waals surface area contributed by atoms with Crippen LogP contribution >= 0.6 is 0 Å². The third-order valence-corrected chi connectivity index (χ3v) is 3.93. The first kappa shape index (κ1) is 15.4. The maximum absolute atomic E-state index is 11.1. The lowest BCUT2D eigenvalue weighted by Gasteiger charge is -2.30. The summed E-state index contributed by atoms with van der Waals surface area (Å²) in [7, 11) is 0. The summed E-state index contributed by atoms with van der Waals surface area (Å²) >= 11 is 0. The van der Waals surface area contributed by atoms with Crippen LogP contribution in [0.3, 0.4) is 0 Å². The summed E-state index contributed by atoms with van der Waals surface area (Å²) in [5, 5.41) is 20.3. The highest BCUT2D eigenvalue weighted by atomic mass is 16.6. The lowest BCUT2D eigenvalue weighted by Crippen LogP contribution is -2.34. The first-order chi connectivity index (χ1) is 10.0. The van der Waals surface area contributed by atoms with Crippen LogP contribution in [0.1, 0.15) is 28.8 Å². The SMILES string of the molecule is NC(=O)c1ccc(CN2CCC(CO)CC2)c([N+](=O)[O-])c1. The molecule has 3 N–H and O–H groups in total. The van der Waals surface area contributed by atoms with Crippen LogP contribution in [0.15, 0.2) is 18.2 Å². The van der Waals surface area contributed by atoms with E-state index in [1.165, 1.54) is 12.1 Å². The van der Waals surface area contributed by atoms with Gasteiger partial charge >= 0.3 is 0 Å². The van der Waals surface area contributed by atoms with Crippen LogP contribution in [0.5, 0.6) is 0 Å². The molecule has 7 nitrogen and oxygen atoms in total. The monoisotopic (exact) mass is 293 g/mol. The van der Waals surface area contributed by atoms with Gasteiger partial charge in [0.15, 0.2) is 0 Å². The van der Waals surface area contributed by atoms with E-state index in [4.69, 9.17) is 10.8 Å². The van der Waals surface area contributed by atoms with Crippen molar-refractivity contribution in [2.24, 2.45) is 11.7 Å². The van der Waals surface area contributed by atoms with Crippen LogP contribution in [0.25, 0.3) is 0 Å². The largest absolute Gasteiger partial charge is 0.396 e. The number of carbonyl (C=O) groups excluding carboxylic acids is 1. The maximum Gasteiger partial charge on any atom is 0.274 e. The second-order valence-electron chi connectivity index (χ2n) is 5.37. The average molecular weight is 293 g/mol. The molecular formula is C14H19N3O4. The zero-order valence-electron chi connectivity index (χ0n) is 11.7. The van der Waals surface area contributed by atoms with E-state index in [1.54, 1.807) is 6.07 Å². The number of primary amides is 1. The number of carbonyl (C=O) groups is 1. The summed E-state index contributed by atoms with van der Waals surface area (Å²) in [4.78, 5) is 23.9. The summed E-state index contributed by atoms with van der Waals surface area (Å²) in [6.45, 7) is 2.27. The second-order valence-corrected chi connectivity index (χ2v) is 5.37.